The van der Waals surface area contributed by atoms with E-state index in [-0.39, 0.29) is 11.9 Å². The van der Waals surface area contributed by atoms with Crippen LogP contribution in [-0.2, 0) is 13.0 Å². The second-order valence-electron chi connectivity index (χ2n) is 9.42. The highest BCUT2D eigenvalue weighted by Gasteiger charge is 2.32. The Bertz CT molecular complexity index is 1120. The molecule has 0 spiro atoms. The Morgan fingerprint density at radius 3 is 2.80 bits per heavy atom. The normalized spacial score (nSPS) is 18.2. The molecule has 1 atom stereocenters. The Morgan fingerprint density at radius 2 is 2.11 bits per heavy atom. The van der Waals surface area contributed by atoms with Crippen LogP contribution in [0.25, 0.3) is 0 Å². The maximum Gasteiger partial charge on any atom is 0.273 e. The summed E-state index contributed by atoms with van der Waals surface area (Å²) in [6, 6.07) is 6.28. The van der Waals surface area contributed by atoms with E-state index < -0.39 is 0 Å². The van der Waals surface area contributed by atoms with Crippen molar-refractivity contribution in [3.63, 3.8) is 0 Å². The third-order valence-corrected chi connectivity index (χ3v) is 6.56. The number of piperazine rings is 1. The predicted molar refractivity (Wildman–Crippen MR) is 135 cm³/mol. The molecule has 3 heterocycles. The zero-order valence-corrected chi connectivity index (χ0v) is 20.8. The molecule has 2 aromatic rings. The van der Waals surface area contributed by atoms with Crippen LogP contribution < -0.4 is 15.5 Å². The lowest BCUT2D eigenvalue weighted by Crippen LogP contribution is -2.59. The zero-order chi connectivity index (χ0) is 24.9. The first-order chi connectivity index (χ1) is 16.9. The van der Waals surface area contributed by atoms with Gasteiger partial charge >= 0.3 is 0 Å². The van der Waals surface area contributed by atoms with Crippen LogP contribution in [0.3, 0.4) is 0 Å². The Labute approximate surface area is 206 Å². The molecule has 2 N–H and O–H groups in total. The molecule has 4 rings (SSSR count). The summed E-state index contributed by atoms with van der Waals surface area (Å²) in [6.07, 6.45) is 6.20. The number of fused-ring (bicyclic) bond motifs is 1. The number of hydrogen-bond acceptors (Lipinski definition) is 7. The highest BCUT2D eigenvalue weighted by molar-refractivity contribution is 5.91. The molecule has 184 valence electrons. The van der Waals surface area contributed by atoms with Crippen molar-refractivity contribution in [1.82, 2.24) is 30.4 Å². The van der Waals surface area contributed by atoms with Gasteiger partial charge in [-0.05, 0) is 36.1 Å². The van der Waals surface area contributed by atoms with Crippen LogP contribution in [0, 0.1) is 17.4 Å². The van der Waals surface area contributed by atoms with E-state index in [1.165, 1.54) is 22.2 Å². The summed E-state index contributed by atoms with van der Waals surface area (Å²) in [7, 11) is 3.39. The van der Waals surface area contributed by atoms with Gasteiger partial charge in [-0.1, -0.05) is 26.0 Å². The van der Waals surface area contributed by atoms with Gasteiger partial charge in [-0.3, -0.25) is 10.1 Å². The van der Waals surface area contributed by atoms with Crippen molar-refractivity contribution in [3.05, 3.63) is 47.4 Å². The standard InChI is InChI=1S/C25H33N9O/c1-17(2)22-15-33(23-14-28-21(13-29-23)24(35)32(3)4)10-11-34(22)25(30-16-26)31-20-7-5-6-18-12-27-9-8-19(18)20/h5-7,13-14,17,22,27H,8-12,15H2,1-4H3,(H,30,31). The summed E-state index contributed by atoms with van der Waals surface area (Å²) in [5.41, 5.74) is 3.74. The highest BCUT2D eigenvalue weighted by Crippen LogP contribution is 2.27. The van der Waals surface area contributed by atoms with Gasteiger partial charge in [0.25, 0.3) is 5.91 Å². The number of guanidine groups is 1. The van der Waals surface area contributed by atoms with Crippen LogP contribution in [0.1, 0.15) is 35.5 Å². The monoisotopic (exact) mass is 475 g/mol. The number of aliphatic imine (C=N–C) groups is 1. The highest BCUT2D eigenvalue weighted by atomic mass is 16.2. The van der Waals surface area contributed by atoms with Crippen molar-refractivity contribution in [1.29, 1.82) is 5.26 Å². The number of nitrogens with one attached hydrogen (secondary N) is 2. The summed E-state index contributed by atoms with van der Waals surface area (Å²) in [5.74, 6) is 1.45. The number of aromatic nitrogens is 2. The van der Waals surface area contributed by atoms with Gasteiger partial charge in [0.2, 0.25) is 5.96 Å². The molecule has 0 bridgehead atoms. The van der Waals surface area contributed by atoms with E-state index in [1.807, 2.05) is 12.1 Å². The van der Waals surface area contributed by atoms with Gasteiger partial charge in [0.1, 0.15) is 11.5 Å². The van der Waals surface area contributed by atoms with Gasteiger partial charge < -0.3 is 20.0 Å². The average molecular weight is 476 g/mol. The van der Waals surface area contributed by atoms with Crippen LogP contribution in [0.4, 0.5) is 11.5 Å². The summed E-state index contributed by atoms with van der Waals surface area (Å²) in [4.78, 5) is 31.8. The lowest BCUT2D eigenvalue weighted by Gasteiger charge is -2.44. The molecule has 1 amide bonds. The molecule has 10 nitrogen and oxygen atoms in total. The van der Waals surface area contributed by atoms with Gasteiger partial charge in [-0.25, -0.2) is 15.0 Å². The van der Waals surface area contributed by atoms with Gasteiger partial charge in [-0.2, -0.15) is 5.26 Å². The van der Waals surface area contributed by atoms with E-state index in [2.05, 4.69) is 56.5 Å². The molecule has 10 heteroatoms. The molecular formula is C25H33N9O. The lowest BCUT2D eigenvalue weighted by atomic mass is 9.99. The summed E-state index contributed by atoms with van der Waals surface area (Å²) in [5, 5.41) is 15.8. The fourth-order valence-corrected chi connectivity index (χ4v) is 4.62. The predicted octanol–water partition coefficient (Wildman–Crippen LogP) is 1.73. The molecule has 2 aliphatic rings. The maximum absolute atomic E-state index is 12.1. The average Bonchev–Trinajstić information content (AvgIpc) is 2.88. The Kier molecular flexibility index (Phi) is 7.46. The Balaban J connectivity index is 1.58. The van der Waals surface area contributed by atoms with Crippen LogP contribution in [0.2, 0.25) is 0 Å². The summed E-state index contributed by atoms with van der Waals surface area (Å²) >= 11 is 0. The van der Waals surface area contributed by atoms with E-state index in [1.54, 1.807) is 20.3 Å². The summed E-state index contributed by atoms with van der Waals surface area (Å²) in [6.45, 7) is 8.18. The van der Waals surface area contributed by atoms with Crippen LogP contribution in [0.5, 0.6) is 0 Å². The third-order valence-electron chi connectivity index (χ3n) is 6.56. The third kappa shape index (κ3) is 5.35. The quantitative estimate of drug-likeness (QED) is 0.298. The molecule has 35 heavy (non-hydrogen) atoms. The Hall–Kier alpha value is -3.71. The first-order valence-electron chi connectivity index (χ1n) is 12.0. The van der Waals surface area contributed by atoms with E-state index >= 15 is 0 Å². The molecule has 0 aliphatic carbocycles. The van der Waals surface area contributed by atoms with E-state index in [9.17, 15) is 10.1 Å². The number of hydrogen-bond donors (Lipinski definition) is 2. The van der Waals surface area contributed by atoms with Gasteiger partial charge in [0.15, 0.2) is 6.19 Å². The molecule has 1 aromatic carbocycles. The van der Waals surface area contributed by atoms with E-state index in [0.717, 1.165) is 31.0 Å². The number of rotatable bonds is 4. The molecule has 1 fully saturated rings. The minimum atomic E-state index is -0.170. The maximum atomic E-state index is 12.1. The van der Waals surface area contributed by atoms with E-state index in [0.29, 0.717) is 37.2 Å². The van der Waals surface area contributed by atoms with Crippen molar-refractivity contribution in [2.75, 3.05) is 45.2 Å². The van der Waals surface area contributed by atoms with Gasteiger partial charge in [0, 0.05) is 40.3 Å². The molecule has 1 aromatic heterocycles. The number of carbonyl (C=O) groups excluding carboxylic acids is 1. The van der Waals surface area contributed by atoms with Crippen molar-refractivity contribution < 1.29 is 4.79 Å². The zero-order valence-electron chi connectivity index (χ0n) is 20.8. The number of carbonyl (C=O) groups is 1. The smallest absolute Gasteiger partial charge is 0.273 e. The molecule has 2 aliphatic heterocycles. The minimum Gasteiger partial charge on any atom is -0.351 e. The van der Waals surface area contributed by atoms with Gasteiger partial charge in [-0.15, -0.1) is 0 Å². The second kappa shape index (κ2) is 10.7. The number of anilines is 1. The molecule has 0 radical (unpaired) electrons. The Morgan fingerprint density at radius 1 is 1.29 bits per heavy atom. The number of benzene rings is 1. The SMILES string of the molecule is CC(C)C1CN(c2cnc(C(=O)N(C)C)cn2)CCN1C(=Nc1cccc2c1CCNC2)NC#N. The minimum absolute atomic E-state index is 0.106. The molecule has 1 saturated heterocycles. The number of amides is 1. The first-order valence-corrected chi connectivity index (χ1v) is 12.0. The molecular weight excluding hydrogens is 442 g/mol. The second-order valence-corrected chi connectivity index (χ2v) is 9.42. The fraction of sp³-hybridized carbons (Fsp3) is 0.480. The molecule has 0 saturated carbocycles. The van der Waals surface area contributed by atoms with E-state index in [4.69, 9.17) is 4.99 Å². The van der Waals surface area contributed by atoms with Crippen molar-refractivity contribution >= 4 is 23.4 Å². The van der Waals surface area contributed by atoms with Crippen LogP contribution in [0.15, 0.2) is 35.6 Å². The van der Waals surface area contributed by atoms with Crippen molar-refractivity contribution in [2.45, 2.75) is 32.9 Å². The summed E-state index contributed by atoms with van der Waals surface area (Å²) < 4.78 is 0. The van der Waals surface area contributed by atoms with Crippen molar-refractivity contribution in [2.24, 2.45) is 10.9 Å². The van der Waals surface area contributed by atoms with Crippen LogP contribution >= 0.6 is 0 Å². The molecule has 1 unspecified atom stereocenters. The number of nitriles is 1. The number of nitrogens with zero attached hydrogens (tertiary/aromatic N) is 7. The first kappa shape index (κ1) is 24.4. The largest absolute Gasteiger partial charge is 0.351 e. The van der Waals surface area contributed by atoms with Crippen molar-refractivity contribution in [3.8, 4) is 6.19 Å². The lowest BCUT2D eigenvalue weighted by molar-refractivity contribution is 0.0821. The topological polar surface area (TPSA) is 113 Å². The van der Waals surface area contributed by atoms with Crippen LogP contribution in [-0.4, -0.2) is 78.0 Å². The fourth-order valence-electron chi connectivity index (χ4n) is 4.62. The van der Waals surface area contributed by atoms with Gasteiger partial charge in [0.05, 0.1) is 24.1 Å².